The molecular formula is C21H27N3O4. The number of nitrogens with zero attached hydrogens (tertiary/aromatic N) is 1. The lowest BCUT2D eigenvalue weighted by Crippen LogP contribution is -2.45. The Balaban J connectivity index is 1.54. The second-order valence-electron chi connectivity index (χ2n) is 6.73. The number of carbonyl (C=O) groups excluding carboxylic acids is 1. The van der Waals surface area contributed by atoms with E-state index in [1.807, 2.05) is 38.2 Å². The maximum absolute atomic E-state index is 12.3. The van der Waals surface area contributed by atoms with E-state index in [1.54, 1.807) is 31.4 Å². The lowest BCUT2D eigenvalue weighted by molar-refractivity contribution is 0.0568. The monoisotopic (exact) mass is 385 g/mol. The van der Waals surface area contributed by atoms with E-state index in [4.69, 9.17) is 14.2 Å². The summed E-state index contributed by atoms with van der Waals surface area (Å²) < 4.78 is 16.7. The molecule has 1 saturated heterocycles. The number of ether oxygens (including phenoxy) is 3. The van der Waals surface area contributed by atoms with E-state index in [0.717, 1.165) is 18.8 Å². The number of likely N-dealkylation sites (N-methyl/N-ethyl adjacent to an activating group) is 1. The summed E-state index contributed by atoms with van der Waals surface area (Å²) in [6, 6.07) is 14.3. The number of nitrogens with one attached hydrogen (secondary N) is 2. The first kappa shape index (κ1) is 20.0. The molecule has 7 heteroatoms. The first-order valence-corrected chi connectivity index (χ1v) is 9.37. The van der Waals surface area contributed by atoms with Gasteiger partial charge >= 0.3 is 6.03 Å². The smallest absolute Gasteiger partial charge is 0.319 e. The third-order valence-electron chi connectivity index (χ3n) is 4.54. The van der Waals surface area contributed by atoms with Crippen molar-refractivity contribution in [2.75, 3.05) is 39.2 Å². The van der Waals surface area contributed by atoms with Gasteiger partial charge < -0.3 is 29.7 Å². The molecule has 0 saturated carbocycles. The number of hydrogen-bond acceptors (Lipinski definition) is 5. The van der Waals surface area contributed by atoms with Crippen molar-refractivity contribution in [2.24, 2.45) is 0 Å². The molecule has 2 atom stereocenters. The zero-order valence-corrected chi connectivity index (χ0v) is 16.5. The number of carbonyl (C=O) groups is 1. The maximum Gasteiger partial charge on any atom is 0.319 e. The fraction of sp³-hybridized carbons (Fsp3) is 0.381. The summed E-state index contributed by atoms with van der Waals surface area (Å²) >= 11 is 0. The van der Waals surface area contributed by atoms with Crippen molar-refractivity contribution in [1.29, 1.82) is 0 Å². The summed E-state index contributed by atoms with van der Waals surface area (Å²) in [5.41, 5.74) is 0.690. The van der Waals surface area contributed by atoms with Crippen molar-refractivity contribution < 1.29 is 19.0 Å². The molecule has 2 aromatic rings. The molecule has 1 aliphatic heterocycles. The van der Waals surface area contributed by atoms with Crippen molar-refractivity contribution >= 4 is 11.7 Å². The minimum absolute atomic E-state index is 0.0133. The number of amides is 2. The van der Waals surface area contributed by atoms with Crippen LogP contribution in [-0.2, 0) is 4.74 Å². The zero-order valence-electron chi connectivity index (χ0n) is 16.5. The predicted molar refractivity (Wildman–Crippen MR) is 108 cm³/mol. The Labute approximate surface area is 165 Å². The second kappa shape index (κ2) is 9.43. The summed E-state index contributed by atoms with van der Waals surface area (Å²) in [6.07, 6.45) is 0.0133. The number of benzene rings is 2. The molecule has 1 heterocycles. The molecule has 0 bridgehead atoms. The molecule has 2 N–H and O–H groups in total. The van der Waals surface area contributed by atoms with Crippen molar-refractivity contribution in [3.63, 3.8) is 0 Å². The third-order valence-corrected chi connectivity index (χ3v) is 4.54. The van der Waals surface area contributed by atoms with Gasteiger partial charge in [0.1, 0.15) is 17.2 Å². The van der Waals surface area contributed by atoms with Crippen LogP contribution in [0, 0.1) is 0 Å². The molecule has 2 aromatic carbocycles. The van der Waals surface area contributed by atoms with E-state index >= 15 is 0 Å². The van der Waals surface area contributed by atoms with Crippen molar-refractivity contribution in [2.45, 2.75) is 19.1 Å². The lowest BCUT2D eigenvalue weighted by Gasteiger charge is -2.20. The van der Waals surface area contributed by atoms with Crippen LogP contribution in [0.2, 0.25) is 0 Å². The second-order valence-corrected chi connectivity index (χ2v) is 6.73. The van der Waals surface area contributed by atoms with Crippen LogP contribution in [0.3, 0.4) is 0 Å². The van der Waals surface area contributed by atoms with E-state index in [-0.39, 0.29) is 18.2 Å². The Morgan fingerprint density at radius 3 is 2.57 bits per heavy atom. The van der Waals surface area contributed by atoms with Crippen LogP contribution < -0.4 is 20.1 Å². The van der Waals surface area contributed by atoms with Gasteiger partial charge in [0.15, 0.2) is 0 Å². The van der Waals surface area contributed by atoms with Crippen molar-refractivity contribution in [1.82, 2.24) is 10.2 Å². The number of urea groups is 1. The molecule has 1 fully saturated rings. The zero-order chi connectivity index (χ0) is 19.9. The van der Waals surface area contributed by atoms with Crippen LogP contribution in [0.5, 0.6) is 17.2 Å². The highest BCUT2D eigenvalue weighted by molar-refractivity contribution is 5.89. The van der Waals surface area contributed by atoms with Crippen LogP contribution in [0.4, 0.5) is 10.5 Å². The molecule has 0 radical (unpaired) electrons. The first-order valence-electron chi connectivity index (χ1n) is 9.37. The quantitative estimate of drug-likeness (QED) is 0.765. The average Bonchev–Trinajstić information content (AvgIpc) is 3.02. The van der Waals surface area contributed by atoms with Gasteiger partial charge in [-0.25, -0.2) is 4.79 Å². The molecule has 3 rings (SSSR count). The SMILES string of the molecule is CCOC1CN(C)CC1NC(=O)Nc1ccc(Oc2cccc(OC)c2)cc1. The van der Waals surface area contributed by atoms with Crippen molar-refractivity contribution in [3.05, 3.63) is 48.5 Å². The normalized spacial score (nSPS) is 19.2. The molecule has 0 aliphatic carbocycles. The fourth-order valence-electron chi connectivity index (χ4n) is 3.23. The summed E-state index contributed by atoms with van der Waals surface area (Å²) in [5, 5.41) is 5.85. The van der Waals surface area contributed by atoms with E-state index in [0.29, 0.717) is 23.8 Å². The van der Waals surface area contributed by atoms with E-state index in [9.17, 15) is 4.79 Å². The van der Waals surface area contributed by atoms with Gasteiger partial charge in [-0.15, -0.1) is 0 Å². The predicted octanol–water partition coefficient (Wildman–Crippen LogP) is 3.33. The molecule has 28 heavy (non-hydrogen) atoms. The highest BCUT2D eigenvalue weighted by atomic mass is 16.5. The first-order chi connectivity index (χ1) is 13.6. The number of methoxy groups -OCH3 is 1. The summed E-state index contributed by atoms with van der Waals surface area (Å²) in [6.45, 7) is 4.18. The highest BCUT2D eigenvalue weighted by Crippen LogP contribution is 2.26. The highest BCUT2D eigenvalue weighted by Gasteiger charge is 2.32. The Morgan fingerprint density at radius 1 is 1.11 bits per heavy atom. The Morgan fingerprint density at radius 2 is 1.86 bits per heavy atom. The Hall–Kier alpha value is -2.77. The van der Waals surface area contributed by atoms with E-state index in [2.05, 4.69) is 15.5 Å². The molecule has 2 amide bonds. The van der Waals surface area contributed by atoms with Crippen LogP contribution in [0.15, 0.2) is 48.5 Å². The molecule has 0 spiro atoms. The largest absolute Gasteiger partial charge is 0.497 e. The van der Waals surface area contributed by atoms with Gasteiger partial charge in [-0.1, -0.05) is 6.07 Å². The molecule has 2 unspecified atom stereocenters. The Kier molecular flexibility index (Phi) is 6.73. The third kappa shape index (κ3) is 5.37. The summed E-state index contributed by atoms with van der Waals surface area (Å²) in [5.74, 6) is 2.09. The number of rotatable bonds is 7. The van der Waals surface area contributed by atoms with Crippen LogP contribution >= 0.6 is 0 Å². The van der Waals surface area contributed by atoms with Gasteiger partial charge in [0, 0.05) is 31.5 Å². The number of hydrogen-bond donors (Lipinski definition) is 2. The molecule has 1 aliphatic rings. The molecule has 0 aromatic heterocycles. The Bertz CT molecular complexity index is 781. The van der Waals surface area contributed by atoms with Gasteiger partial charge in [-0.05, 0) is 50.4 Å². The van der Waals surface area contributed by atoms with Gasteiger partial charge in [0.05, 0.1) is 19.3 Å². The van der Waals surface area contributed by atoms with Gasteiger partial charge in [-0.2, -0.15) is 0 Å². The number of likely N-dealkylation sites (tertiary alicyclic amines) is 1. The fourth-order valence-corrected chi connectivity index (χ4v) is 3.23. The topological polar surface area (TPSA) is 72.1 Å². The summed E-state index contributed by atoms with van der Waals surface area (Å²) in [7, 11) is 3.64. The summed E-state index contributed by atoms with van der Waals surface area (Å²) in [4.78, 5) is 14.5. The van der Waals surface area contributed by atoms with Crippen LogP contribution in [0.1, 0.15) is 6.92 Å². The average molecular weight is 385 g/mol. The van der Waals surface area contributed by atoms with Crippen LogP contribution in [-0.4, -0.2) is 56.9 Å². The number of anilines is 1. The van der Waals surface area contributed by atoms with Crippen molar-refractivity contribution in [3.8, 4) is 17.2 Å². The van der Waals surface area contributed by atoms with E-state index < -0.39 is 0 Å². The van der Waals surface area contributed by atoms with Gasteiger partial charge in [0.2, 0.25) is 0 Å². The van der Waals surface area contributed by atoms with E-state index in [1.165, 1.54) is 0 Å². The maximum atomic E-state index is 12.3. The molecular weight excluding hydrogens is 358 g/mol. The van der Waals surface area contributed by atoms with Gasteiger partial charge in [0.25, 0.3) is 0 Å². The minimum atomic E-state index is -0.244. The standard InChI is InChI=1S/C21H27N3O4/c1-4-27-20-14-24(2)13-19(20)23-21(25)22-15-8-10-16(11-9-15)28-18-7-5-6-17(12-18)26-3/h5-12,19-20H,4,13-14H2,1-3H3,(H2,22,23,25). The minimum Gasteiger partial charge on any atom is -0.497 e. The molecule has 150 valence electrons. The lowest BCUT2D eigenvalue weighted by atomic mass is 10.2. The van der Waals surface area contributed by atoms with Crippen LogP contribution in [0.25, 0.3) is 0 Å². The molecule has 7 nitrogen and oxygen atoms in total. The van der Waals surface area contributed by atoms with Gasteiger partial charge in [-0.3, -0.25) is 0 Å².